The molecule has 0 bridgehead atoms. The van der Waals surface area contributed by atoms with Crippen LogP contribution >= 0.6 is 0 Å². The lowest BCUT2D eigenvalue weighted by molar-refractivity contribution is 0.0967. The van der Waals surface area contributed by atoms with Gasteiger partial charge in [0, 0.05) is 24.1 Å². The molecule has 1 amide bonds. The first kappa shape index (κ1) is 12.2. The predicted molar refractivity (Wildman–Crippen MR) is 76.7 cm³/mol. The number of anilines is 1. The number of hydrogen-bond donors (Lipinski definition) is 0. The summed E-state index contributed by atoms with van der Waals surface area (Å²) in [6.45, 7) is 4.04. The fourth-order valence-corrected chi connectivity index (χ4v) is 2.60. The average molecular weight is 255 g/mol. The molecular formula is C16H17NO2. The maximum absolute atomic E-state index is 12.4. The van der Waals surface area contributed by atoms with Gasteiger partial charge < -0.3 is 9.64 Å². The lowest BCUT2D eigenvalue weighted by atomic mass is 10.1. The number of carbonyl (C=O) groups is 1. The number of benzene rings is 2. The highest BCUT2D eigenvalue weighted by Crippen LogP contribution is 2.36. The smallest absolute Gasteiger partial charge is 0.259 e. The van der Waals surface area contributed by atoms with Gasteiger partial charge in [-0.3, -0.25) is 4.79 Å². The molecule has 1 aliphatic heterocycles. The van der Waals surface area contributed by atoms with Gasteiger partial charge in [-0.05, 0) is 23.9 Å². The first-order chi connectivity index (χ1) is 9.33. The summed E-state index contributed by atoms with van der Waals surface area (Å²) in [6.07, 6.45) is 1.00. The molecule has 0 radical (unpaired) electrons. The topological polar surface area (TPSA) is 29.5 Å². The number of amides is 1. The summed E-state index contributed by atoms with van der Waals surface area (Å²) < 4.78 is 5.49. The van der Waals surface area contributed by atoms with E-state index in [4.69, 9.17) is 4.74 Å². The molecule has 0 N–H and O–H groups in total. The molecular weight excluding hydrogens is 238 g/mol. The van der Waals surface area contributed by atoms with Crippen LogP contribution in [0.3, 0.4) is 0 Å². The Hall–Kier alpha value is -1.87. The van der Waals surface area contributed by atoms with E-state index in [0.29, 0.717) is 13.2 Å². The van der Waals surface area contributed by atoms with Gasteiger partial charge in [0.1, 0.15) is 0 Å². The highest BCUT2D eigenvalue weighted by atomic mass is 16.5. The van der Waals surface area contributed by atoms with Gasteiger partial charge in [-0.15, -0.1) is 0 Å². The molecule has 0 unspecified atom stereocenters. The second-order valence-electron chi connectivity index (χ2n) is 4.75. The zero-order valence-electron chi connectivity index (χ0n) is 11.1. The van der Waals surface area contributed by atoms with E-state index < -0.39 is 0 Å². The van der Waals surface area contributed by atoms with Gasteiger partial charge in [0.2, 0.25) is 0 Å². The van der Waals surface area contributed by atoms with Crippen molar-refractivity contribution in [3.63, 3.8) is 0 Å². The molecule has 0 saturated carbocycles. The van der Waals surface area contributed by atoms with Crippen LogP contribution in [0.5, 0.6) is 0 Å². The van der Waals surface area contributed by atoms with Crippen molar-refractivity contribution in [1.29, 1.82) is 0 Å². The molecule has 1 heterocycles. The van der Waals surface area contributed by atoms with Crippen molar-refractivity contribution < 1.29 is 9.53 Å². The number of ether oxygens (including phenoxy) is 1. The fraction of sp³-hybridized carbons (Fsp3) is 0.312. The maximum Gasteiger partial charge on any atom is 0.259 e. The Morgan fingerprint density at radius 2 is 1.89 bits per heavy atom. The summed E-state index contributed by atoms with van der Waals surface area (Å²) in [4.78, 5) is 14.2. The minimum Gasteiger partial charge on any atom is -0.380 e. The van der Waals surface area contributed by atoms with Crippen LogP contribution in [0.2, 0.25) is 0 Å². The quantitative estimate of drug-likeness (QED) is 0.768. The Kier molecular flexibility index (Phi) is 3.22. The van der Waals surface area contributed by atoms with Crippen molar-refractivity contribution in [2.24, 2.45) is 0 Å². The third-order valence-corrected chi connectivity index (χ3v) is 3.46. The van der Waals surface area contributed by atoms with Crippen molar-refractivity contribution >= 4 is 22.4 Å². The lowest BCUT2D eigenvalue weighted by Crippen LogP contribution is -2.30. The fourth-order valence-electron chi connectivity index (χ4n) is 2.60. The maximum atomic E-state index is 12.4. The summed E-state index contributed by atoms with van der Waals surface area (Å²) in [6, 6.07) is 12.0. The van der Waals surface area contributed by atoms with Crippen LogP contribution in [0.25, 0.3) is 10.8 Å². The molecule has 3 rings (SSSR count). The molecule has 2 aromatic carbocycles. The van der Waals surface area contributed by atoms with Crippen LogP contribution in [0.1, 0.15) is 23.7 Å². The van der Waals surface area contributed by atoms with E-state index in [2.05, 4.69) is 6.92 Å². The Labute approximate surface area is 112 Å². The highest BCUT2D eigenvalue weighted by Gasteiger charge is 2.28. The number of rotatable bonds is 5. The van der Waals surface area contributed by atoms with Crippen molar-refractivity contribution in [2.45, 2.75) is 13.3 Å². The molecule has 3 nitrogen and oxygen atoms in total. The average Bonchev–Trinajstić information content (AvgIpc) is 2.71. The van der Waals surface area contributed by atoms with Gasteiger partial charge in [0.25, 0.3) is 5.91 Å². The Bertz CT molecular complexity index is 616. The lowest BCUT2D eigenvalue weighted by Gasteiger charge is -2.17. The summed E-state index contributed by atoms with van der Waals surface area (Å²) >= 11 is 0. The second kappa shape index (κ2) is 5.02. The molecule has 0 saturated heterocycles. The summed E-state index contributed by atoms with van der Waals surface area (Å²) in [5, 5.41) is 2.20. The van der Waals surface area contributed by atoms with Gasteiger partial charge in [-0.1, -0.05) is 31.2 Å². The number of hydrogen-bond acceptors (Lipinski definition) is 2. The summed E-state index contributed by atoms with van der Waals surface area (Å²) in [5.41, 5.74) is 1.82. The standard InChI is InChI=1S/C16H17NO2/c1-2-10-19-11-9-17-14-8-4-6-12-5-3-7-13(15(12)14)16(17)18/h3-8H,2,9-11H2,1H3. The van der Waals surface area contributed by atoms with Crippen molar-refractivity contribution in [3.05, 3.63) is 42.0 Å². The van der Waals surface area contributed by atoms with E-state index in [1.165, 1.54) is 0 Å². The van der Waals surface area contributed by atoms with Crippen molar-refractivity contribution in [1.82, 2.24) is 0 Å². The van der Waals surface area contributed by atoms with E-state index in [9.17, 15) is 4.79 Å². The van der Waals surface area contributed by atoms with Crippen LogP contribution in [0.15, 0.2) is 36.4 Å². The Morgan fingerprint density at radius 3 is 2.68 bits per heavy atom. The largest absolute Gasteiger partial charge is 0.380 e. The molecule has 98 valence electrons. The molecule has 0 aliphatic carbocycles. The van der Waals surface area contributed by atoms with Crippen LogP contribution in [-0.4, -0.2) is 25.7 Å². The molecule has 0 spiro atoms. The molecule has 1 aliphatic rings. The zero-order chi connectivity index (χ0) is 13.2. The van der Waals surface area contributed by atoms with Crippen LogP contribution in [0, 0.1) is 0 Å². The van der Waals surface area contributed by atoms with Crippen LogP contribution in [0.4, 0.5) is 5.69 Å². The van der Waals surface area contributed by atoms with E-state index in [1.807, 2.05) is 41.3 Å². The minimum atomic E-state index is 0.0897. The van der Waals surface area contributed by atoms with Gasteiger partial charge >= 0.3 is 0 Å². The first-order valence-corrected chi connectivity index (χ1v) is 6.74. The SMILES string of the molecule is CCCOCCN1C(=O)c2cccc3cccc1c23. The van der Waals surface area contributed by atoms with Gasteiger partial charge in [0.15, 0.2) is 0 Å². The molecule has 0 atom stereocenters. The van der Waals surface area contributed by atoms with Crippen molar-refractivity contribution in [2.75, 3.05) is 24.7 Å². The van der Waals surface area contributed by atoms with Gasteiger partial charge in [-0.25, -0.2) is 0 Å². The summed E-state index contributed by atoms with van der Waals surface area (Å²) in [5.74, 6) is 0.0897. The van der Waals surface area contributed by atoms with Gasteiger partial charge in [-0.2, -0.15) is 0 Å². The molecule has 2 aromatic rings. The van der Waals surface area contributed by atoms with Gasteiger partial charge in [0.05, 0.1) is 12.3 Å². The first-order valence-electron chi connectivity index (χ1n) is 6.74. The van der Waals surface area contributed by atoms with E-state index >= 15 is 0 Å². The molecule has 0 fully saturated rings. The monoisotopic (exact) mass is 255 g/mol. The number of carbonyl (C=O) groups excluding carboxylic acids is 1. The normalized spacial score (nSPS) is 13.5. The van der Waals surface area contributed by atoms with Crippen LogP contribution in [-0.2, 0) is 4.74 Å². The molecule has 0 aromatic heterocycles. The highest BCUT2D eigenvalue weighted by molar-refractivity contribution is 6.24. The predicted octanol–water partition coefficient (Wildman–Crippen LogP) is 3.23. The van der Waals surface area contributed by atoms with Crippen molar-refractivity contribution in [3.8, 4) is 0 Å². The minimum absolute atomic E-state index is 0.0897. The number of nitrogens with zero attached hydrogens (tertiary/aromatic N) is 1. The van der Waals surface area contributed by atoms with E-state index in [0.717, 1.165) is 35.1 Å². The Balaban J connectivity index is 1.90. The zero-order valence-corrected chi connectivity index (χ0v) is 11.1. The van der Waals surface area contributed by atoms with E-state index in [-0.39, 0.29) is 5.91 Å². The second-order valence-corrected chi connectivity index (χ2v) is 4.75. The van der Waals surface area contributed by atoms with E-state index in [1.54, 1.807) is 0 Å². The summed E-state index contributed by atoms with van der Waals surface area (Å²) in [7, 11) is 0. The van der Waals surface area contributed by atoms with Crippen LogP contribution < -0.4 is 4.90 Å². The molecule has 3 heteroatoms. The molecule has 19 heavy (non-hydrogen) atoms. The third-order valence-electron chi connectivity index (χ3n) is 3.46. The third kappa shape index (κ3) is 2.00. The Morgan fingerprint density at radius 1 is 1.11 bits per heavy atom.